The lowest BCUT2D eigenvalue weighted by Gasteiger charge is -2.26. The largest absolute Gasteiger partial charge is 0.353 e. The van der Waals surface area contributed by atoms with Crippen molar-refractivity contribution in [2.24, 2.45) is 0 Å². The summed E-state index contributed by atoms with van der Waals surface area (Å²) in [7, 11) is 0. The predicted molar refractivity (Wildman–Crippen MR) is 72.3 cm³/mol. The average Bonchev–Trinajstić information content (AvgIpc) is 2.82. The molecule has 0 atom stereocenters. The lowest BCUT2D eigenvalue weighted by molar-refractivity contribution is -0.384. The first-order valence-corrected chi connectivity index (χ1v) is 6.86. The van der Waals surface area contributed by atoms with Gasteiger partial charge in [0.05, 0.1) is 15.8 Å². The van der Waals surface area contributed by atoms with Crippen molar-refractivity contribution in [3.05, 3.63) is 28.3 Å². The van der Waals surface area contributed by atoms with Gasteiger partial charge in [0.2, 0.25) is 0 Å². The third kappa shape index (κ3) is 1.90. The van der Waals surface area contributed by atoms with E-state index in [4.69, 9.17) is 0 Å². The zero-order valence-electron chi connectivity index (χ0n) is 9.63. The van der Waals surface area contributed by atoms with Gasteiger partial charge in [0.25, 0.3) is 5.69 Å². The number of hydrogen-bond donors (Lipinski definition) is 1. The first-order chi connectivity index (χ1) is 8.75. The number of thioether (sulfide) groups is 1. The molecule has 2 heterocycles. The fourth-order valence-electron chi connectivity index (χ4n) is 2.12. The minimum absolute atomic E-state index is 0.108. The highest BCUT2D eigenvalue weighted by Crippen LogP contribution is 2.29. The van der Waals surface area contributed by atoms with Gasteiger partial charge in [-0.15, -0.1) is 0 Å². The number of benzene rings is 1. The van der Waals surface area contributed by atoms with Gasteiger partial charge in [-0.2, -0.15) is 16.9 Å². The molecule has 0 spiro atoms. The molecule has 3 rings (SSSR count). The second-order valence-electron chi connectivity index (χ2n) is 4.13. The number of H-pyrrole nitrogens is 1. The van der Waals surface area contributed by atoms with Crippen LogP contribution in [0.15, 0.2) is 18.2 Å². The Bertz CT molecular complexity index is 592. The van der Waals surface area contributed by atoms with Gasteiger partial charge in [-0.1, -0.05) is 0 Å². The second-order valence-corrected chi connectivity index (χ2v) is 5.36. The van der Waals surface area contributed by atoms with Crippen molar-refractivity contribution in [2.45, 2.75) is 0 Å². The Hall–Kier alpha value is -1.76. The van der Waals surface area contributed by atoms with E-state index in [1.165, 1.54) is 6.07 Å². The number of anilines is 1. The van der Waals surface area contributed by atoms with Crippen molar-refractivity contribution in [1.82, 2.24) is 10.2 Å². The molecule has 1 aliphatic rings. The fraction of sp³-hybridized carbons (Fsp3) is 0.364. The van der Waals surface area contributed by atoms with Gasteiger partial charge >= 0.3 is 0 Å². The molecule has 1 aliphatic heterocycles. The third-order valence-electron chi connectivity index (χ3n) is 3.05. The zero-order chi connectivity index (χ0) is 12.5. The normalized spacial score (nSPS) is 16.1. The summed E-state index contributed by atoms with van der Waals surface area (Å²) in [4.78, 5) is 12.6. The monoisotopic (exact) mass is 264 g/mol. The Morgan fingerprint density at radius 3 is 2.89 bits per heavy atom. The molecule has 1 saturated heterocycles. The molecule has 6 nitrogen and oxygen atoms in total. The molecule has 1 aromatic heterocycles. The maximum absolute atomic E-state index is 10.8. The number of aromatic amines is 1. The van der Waals surface area contributed by atoms with Gasteiger partial charge in [0.1, 0.15) is 0 Å². The van der Waals surface area contributed by atoms with Gasteiger partial charge in [-0.25, -0.2) is 0 Å². The van der Waals surface area contributed by atoms with E-state index >= 15 is 0 Å². The maximum atomic E-state index is 10.8. The van der Waals surface area contributed by atoms with Crippen LogP contribution in [-0.4, -0.2) is 39.7 Å². The van der Waals surface area contributed by atoms with E-state index in [-0.39, 0.29) is 10.6 Å². The summed E-state index contributed by atoms with van der Waals surface area (Å²) in [6, 6.07) is 4.80. The molecule has 7 heteroatoms. The highest BCUT2D eigenvalue weighted by Gasteiger charge is 2.18. The van der Waals surface area contributed by atoms with Gasteiger partial charge in [0.15, 0.2) is 5.82 Å². The van der Waals surface area contributed by atoms with Crippen LogP contribution in [-0.2, 0) is 0 Å². The molecular formula is C11H12N4O2S. The van der Waals surface area contributed by atoms with Gasteiger partial charge in [-0.05, 0) is 6.07 Å². The quantitative estimate of drug-likeness (QED) is 0.663. The summed E-state index contributed by atoms with van der Waals surface area (Å²) in [5, 5.41) is 18.9. The van der Waals surface area contributed by atoms with E-state index in [0.29, 0.717) is 0 Å². The average molecular weight is 264 g/mol. The van der Waals surface area contributed by atoms with E-state index in [2.05, 4.69) is 15.1 Å². The Morgan fingerprint density at radius 2 is 2.17 bits per heavy atom. The van der Waals surface area contributed by atoms with Crippen LogP contribution >= 0.6 is 11.8 Å². The number of non-ortho nitro benzene ring substituents is 1. The summed E-state index contributed by atoms with van der Waals surface area (Å²) in [6.07, 6.45) is 0. The zero-order valence-corrected chi connectivity index (χ0v) is 10.4. The topological polar surface area (TPSA) is 75.1 Å². The van der Waals surface area contributed by atoms with E-state index < -0.39 is 0 Å². The summed E-state index contributed by atoms with van der Waals surface area (Å²) < 4.78 is 0. The van der Waals surface area contributed by atoms with Gasteiger partial charge < -0.3 is 4.90 Å². The van der Waals surface area contributed by atoms with E-state index in [9.17, 15) is 10.1 Å². The highest BCUT2D eigenvalue weighted by molar-refractivity contribution is 7.99. The molecule has 1 aromatic carbocycles. The molecule has 0 radical (unpaired) electrons. The standard InChI is InChI=1S/C11H12N4O2S/c16-15(17)8-1-2-10-9(7-8)11(13-12-10)14-3-5-18-6-4-14/h1-2,7H,3-6H2,(H,12,13). The molecular weight excluding hydrogens is 252 g/mol. The third-order valence-corrected chi connectivity index (χ3v) is 3.99. The Balaban J connectivity index is 2.05. The highest BCUT2D eigenvalue weighted by atomic mass is 32.2. The molecule has 0 amide bonds. The number of hydrogen-bond acceptors (Lipinski definition) is 5. The van der Waals surface area contributed by atoms with Crippen LogP contribution in [0.25, 0.3) is 10.9 Å². The van der Waals surface area contributed by atoms with Crippen molar-refractivity contribution in [2.75, 3.05) is 29.5 Å². The van der Waals surface area contributed by atoms with Gasteiger partial charge in [0, 0.05) is 36.7 Å². The minimum atomic E-state index is -0.373. The number of nitrogens with zero attached hydrogens (tertiary/aromatic N) is 3. The minimum Gasteiger partial charge on any atom is -0.353 e. The number of nitro benzene ring substituents is 1. The van der Waals surface area contributed by atoms with Crippen LogP contribution in [0.2, 0.25) is 0 Å². The summed E-state index contributed by atoms with van der Waals surface area (Å²) >= 11 is 1.92. The lowest BCUT2D eigenvalue weighted by atomic mass is 10.2. The first-order valence-electron chi connectivity index (χ1n) is 5.71. The maximum Gasteiger partial charge on any atom is 0.270 e. The van der Waals surface area contributed by atoms with Crippen LogP contribution in [0.3, 0.4) is 0 Å². The Labute approximate surface area is 108 Å². The Morgan fingerprint density at radius 1 is 1.39 bits per heavy atom. The molecule has 1 fully saturated rings. The number of nitro groups is 1. The molecule has 94 valence electrons. The van der Waals surface area contributed by atoms with Crippen LogP contribution in [0, 0.1) is 10.1 Å². The van der Waals surface area contributed by atoms with Crippen molar-refractivity contribution in [3.63, 3.8) is 0 Å². The van der Waals surface area contributed by atoms with Crippen molar-refractivity contribution < 1.29 is 4.92 Å². The first kappa shape index (κ1) is 11.3. The number of rotatable bonds is 2. The summed E-state index contributed by atoms with van der Waals surface area (Å²) in [5.41, 5.74) is 0.949. The molecule has 0 bridgehead atoms. The van der Waals surface area contributed by atoms with Crippen molar-refractivity contribution in [1.29, 1.82) is 0 Å². The number of aromatic nitrogens is 2. The molecule has 0 unspecified atom stereocenters. The fourth-order valence-corrected chi connectivity index (χ4v) is 3.02. The van der Waals surface area contributed by atoms with Crippen LogP contribution in [0.5, 0.6) is 0 Å². The van der Waals surface area contributed by atoms with Crippen LogP contribution in [0.4, 0.5) is 11.5 Å². The number of nitrogens with one attached hydrogen (secondary N) is 1. The lowest BCUT2D eigenvalue weighted by Crippen LogP contribution is -2.32. The predicted octanol–water partition coefficient (Wildman–Crippen LogP) is 2.02. The molecule has 2 aromatic rings. The SMILES string of the molecule is O=[N+]([O-])c1ccc2[nH]nc(N3CCSCC3)c2c1. The van der Waals surface area contributed by atoms with E-state index in [0.717, 1.165) is 41.3 Å². The van der Waals surface area contributed by atoms with Crippen molar-refractivity contribution >= 4 is 34.2 Å². The second kappa shape index (κ2) is 4.49. The molecule has 18 heavy (non-hydrogen) atoms. The smallest absolute Gasteiger partial charge is 0.270 e. The van der Waals surface area contributed by atoms with E-state index in [1.807, 2.05) is 11.8 Å². The van der Waals surface area contributed by atoms with Crippen LogP contribution in [0.1, 0.15) is 0 Å². The van der Waals surface area contributed by atoms with E-state index in [1.54, 1.807) is 12.1 Å². The van der Waals surface area contributed by atoms with Gasteiger partial charge in [-0.3, -0.25) is 15.2 Å². The number of fused-ring (bicyclic) bond motifs is 1. The summed E-state index contributed by atoms with van der Waals surface area (Å²) in [5.74, 6) is 2.97. The summed E-state index contributed by atoms with van der Waals surface area (Å²) in [6.45, 7) is 1.88. The van der Waals surface area contributed by atoms with Crippen molar-refractivity contribution in [3.8, 4) is 0 Å². The van der Waals surface area contributed by atoms with Crippen LogP contribution < -0.4 is 4.90 Å². The molecule has 1 N–H and O–H groups in total. The molecule has 0 aliphatic carbocycles. The Kier molecular flexibility index (Phi) is 2.83. The molecule has 0 saturated carbocycles.